The molecule has 0 saturated carbocycles. The van der Waals surface area contributed by atoms with Crippen LogP contribution in [0.3, 0.4) is 0 Å². The lowest BCUT2D eigenvalue weighted by Crippen LogP contribution is -2.17. The Morgan fingerprint density at radius 1 is 1.14 bits per heavy atom. The van der Waals surface area contributed by atoms with Crippen molar-refractivity contribution in [3.8, 4) is 10.4 Å². The van der Waals surface area contributed by atoms with Gasteiger partial charge < -0.3 is 5.32 Å². The van der Waals surface area contributed by atoms with E-state index in [0.29, 0.717) is 12.1 Å². The van der Waals surface area contributed by atoms with Crippen molar-refractivity contribution < 1.29 is 17.6 Å². The summed E-state index contributed by atoms with van der Waals surface area (Å²) < 4.78 is 49.7. The van der Waals surface area contributed by atoms with Gasteiger partial charge in [0.15, 0.2) is 0 Å². The Bertz CT molecular complexity index is 564. The fraction of sp³-hybridized carbons (Fsp3) is 0.333. The minimum Gasteiger partial charge on any atom is -0.313 e. The molecular formula is C15H15F4NS. The zero-order valence-electron chi connectivity index (χ0n) is 11.2. The molecule has 1 nitrogen and oxygen atoms in total. The molecule has 0 bridgehead atoms. The van der Waals surface area contributed by atoms with E-state index in [1.54, 1.807) is 12.1 Å². The molecule has 114 valence electrons. The molecule has 0 aliphatic carbocycles. The van der Waals surface area contributed by atoms with Crippen molar-refractivity contribution in [2.75, 3.05) is 6.54 Å². The average Bonchev–Trinajstić information content (AvgIpc) is 2.92. The molecule has 0 spiro atoms. The molecule has 1 aromatic carbocycles. The summed E-state index contributed by atoms with van der Waals surface area (Å²) in [6.07, 6.45) is -4.85. The molecule has 1 aromatic heterocycles. The van der Waals surface area contributed by atoms with Gasteiger partial charge in [-0.25, -0.2) is 4.39 Å². The fourth-order valence-electron chi connectivity index (χ4n) is 1.95. The van der Waals surface area contributed by atoms with Gasteiger partial charge in [0.1, 0.15) is 5.82 Å². The zero-order valence-corrected chi connectivity index (χ0v) is 12.0. The fourth-order valence-corrected chi connectivity index (χ4v) is 2.69. The van der Waals surface area contributed by atoms with E-state index in [1.165, 1.54) is 17.4 Å². The summed E-state index contributed by atoms with van der Waals surface area (Å²) in [4.78, 5) is 0.839. The molecule has 2 aromatic rings. The number of hydrogen-bond acceptors (Lipinski definition) is 2. The van der Waals surface area contributed by atoms with Gasteiger partial charge in [-0.05, 0) is 42.1 Å². The molecule has 0 radical (unpaired) electrons. The first-order valence-electron chi connectivity index (χ1n) is 6.55. The van der Waals surface area contributed by atoms with Crippen LogP contribution < -0.4 is 5.32 Å². The van der Waals surface area contributed by atoms with Crippen molar-refractivity contribution in [3.05, 3.63) is 47.1 Å². The molecule has 0 amide bonds. The summed E-state index contributed by atoms with van der Waals surface area (Å²) in [6.45, 7) is 0.710. The van der Waals surface area contributed by atoms with E-state index in [-0.39, 0.29) is 18.8 Å². The van der Waals surface area contributed by atoms with Gasteiger partial charge in [-0.3, -0.25) is 0 Å². The highest BCUT2D eigenvalue weighted by Crippen LogP contribution is 2.28. The van der Waals surface area contributed by atoms with Gasteiger partial charge >= 0.3 is 6.18 Å². The van der Waals surface area contributed by atoms with Gasteiger partial charge in [0.25, 0.3) is 0 Å². The highest BCUT2D eigenvalue weighted by molar-refractivity contribution is 7.13. The van der Waals surface area contributed by atoms with Crippen LogP contribution in [-0.2, 0) is 6.54 Å². The number of rotatable bonds is 6. The van der Waals surface area contributed by atoms with Gasteiger partial charge in [-0.15, -0.1) is 11.3 Å². The Morgan fingerprint density at radius 2 is 1.95 bits per heavy atom. The summed E-state index contributed by atoms with van der Waals surface area (Å²) >= 11 is 1.45. The summed E-state index contributed by atoms with van der Waals surface area (Å²) in [7, 11) is 0. The Balaban J connectivity index is 1.89. The maximum atomic E-state index is 13.8. The van der Waals surface area contributed by atoms with Crippen LogP contribution in [-0.4, -0.2) is 12.7 Å². The standard InChI is InChI=1S/C15H15F4NS/c16-13-5-4-11(9-12(13)14-3-1-8-21-14)10-20-7-2-6-15(17,18)19/h1,3-5,8-9,20H,2,6-7,10H2. The molecule has 21 heavy (non-hydrogen) atoms. The number of benzene rings is 1. The summed E-state index contributed by atoms with van der Waals surface area (Å²) in [5.41, 5.74) is 1.38. The van der Waals surface area contributed by atoms with E-state index < -0.39 is 12.6 Å². The van der Waals surface area contributed by atoms with Gasteiger partial charge in [-0.1, -0.05) is 12.1 Å². The maximum Gasteiger partial charge on any atom is 0.389 e. The van der Waals surface area contributed by atoms with Crippen LogP contribution in [0.2, 0.25) is 0 Å². The summed E-state index contributed by atoms with van der Waals surface area (Å²) in [6, 6.07) is 8.45. The van der Waals surface area contributed by atoms with Crippen molar-refractivity contribution in [3.63, 3.8) is 0 Å². The van der Waals surface area contributed by atoms with Crippen LogP contribution >= 0.6 is 11.3 Å². The van der Waals surface area contributed by atoms with Gasteiger partial charge in [0.05, 0.1) is 0 Å². The molecule has 6 heteroatoms. The van der Waals surface area contributed by atoms with E-state index in [1.807, 2.05) is 17.5 Å². The molecule has 0 atom stereocenters. The second kappa shape index (κ2) is 7.04. The number of thiophene rings is 1. The highest BCUT2D eigenvalue weighted by Gasteiger charge is 2.25. The molecule has 0 aliphatic rings. The van der Waals surface area contributed by atoms with Crippen molar-refractivity contribution in [2.45, 2.75) is 25.6 Å². The Hall–Kier alpha value is -1.40. The largest absolute Gasteiger partial charge is 0.389 e. The second-order valence-corrected chi connectivity index (χ2v) is 5.63. The lowest BCUT2D eigenvalue weighted by molar-refractivity contribution is -0.135. The predicted octanol–water partition coefficient (Wildman–Crippen LogP) is 4.99. The summed E-state index contributed by atoms with van der Waals surface area (Å²) in [5, 5.41) is 4.82. The van der Waals surface area contributed by atoms with Crippen LogP contribution in [0.5, 0.6) is 0 Å². The van der Waals surface area contributed by atoms with Gasteiger partial charge in [-0.2, -0.15) is 13.2 Å². The van der Waals surface area contributed by atoms with Crippen LogP contribution in [0.1, 0.15) is 18.4 Å². The van der Waals surface area contributed by atoms with E-state index in [0.717, 1.165) is 10.4 Å². The van der Waals surface area contributed by atoms with Crippen molar-refractivity contribution >= 4 is 11.3 Å². The zero-order chi connectivity index (χ0) is 15.3. The maximum absolute atomic E-state index is 13.8. The smallest absolute Gasteiger partial charge is 0.313 e. The van der Waals surface area contributed by atoms with Crippen LogP contribution in [0.25, 0.3) is 10.4 Å². The quantitative estimate of drug-likeness (QED) is 0.585. The first-order chi connectivity index (χ1) is 9.96. The molecule has 0 unspecified atom stereocenters. The molecule has 0 aliphatic heterocycles. The predicted molar refractivity (Wildman–Crippen MR) is 76.7 cm³/mol. The second-order valence-electron chi connectivity index (χ2n) is 4.69. The SMILES string of the molecule is Fc1ccc(CNCCCC(F)(F)F)cc1-c1cccs1. The van der Waals surface area contributed by atoms with Crippen molar-refractivity contribution in [1.29, 1.82) is 0 Å². The normalized spacial score (nSPS) is 11.8. The topological polar surface area (TPSA) is 12.0 Å². The van der Waals surface area contributed by atoms with Crippen molar-refractivity contribution in [2.24, 2.45) is 0 Å². The third-order valence-corrected chi connectivity index (χ3v) is 3.86. The number of alkyl halides is 3. The molecule has 0 saturated heterocycles. The van der Waals surface area contributed by atoms with Gasteiger partial charge in [0.2, 0.25) is 0 Å². The van der Waals surface area contributed by atoms with E-state index in [4.69, 9.17) is 0 Å². The van der Waals surface area contributed by atoms with E-state index in [9.17, 15) is 17.6 Å². The third kappa shape index (κ3) is 5.13. The molecule has 2 rings (SSSR count). The Labute approximate surface area is 124 Å². The highest BCUT2D eigenvalue weighted by atomic mass is 32.1. The summed E-state index contributed by atoms with van der Waals surface area (Å²) in [5.74, 6) is -0.293. The molecular weight excluding hydrogens is 302 g/mol. The molecule has 1 N–H and O–H groups in total. The number of nitrogens with one attached hydrogen (secondary N) is 1. The van der Waals surface area contributed by atoms with Crippen molar-refractivity contribution in [1.82, 2.24) is 5.32 Å². The lowest BCUT2D eigenvalue weighted by Gasteiger charge is -2.09. The minimum atomic E-state index is -4.11. The third-order valence-electron chi connectivity index (χ3n) is 2.96. The molecule has 1 heterocycles. The monoisotopic (exact) mass is 317 g/mol. The Morgan fingerprint density at radius 3 is 2.62 bits per heavy atom. The molecule has 0 fully saturated rings. The van der Waals surface area contributed by atoms with E-state index in [2.05, 4.69) is 5.32 Å². The van der Waals surface area contributed by atoms with Gasteiger partial charge in [0, 0.05) is 23.4 Å². The van der Waals surface area contributed by atoms with Crippen LogP contribution in [0.15, 0.2) is 35.7 Å². The minimum absolute atomic E-state index is 0.0441. The van der Waals surface area contributed by atoms with Crippen LogP contribution in [0, 0.1) is 5.82 Å². The lowest BCUT2D eigenvalue weighted by atomic mass is 10.1. The first kappa shape index (κ1) is 16.0. The number of hydrogen-bond donors (Lipinski definition) is 1. The first-order valence-corrected chi connectivity index (χ1v) is 7.43. The van der Waals surface area contributed by atoms with E-state index >= 15 is 0 Å². The average molecular weight is 317 g/mol. The number of halogens is 4. The van der Waals surface area contributed by atoms with Crippen LogP contribution in [0.4, 0.5) is 17.6 Å². The Kier molecular flexibility index (Phi) is 5.36.